The summed E-state index contributed by atoms with van der Waals surface area (Å²) in [5.41, 5.74) is 1.30. The van der Waals surface area contributed by atoms with E-state index in [-0.39, 0.29) is 17.7 Å². The van der Waals surface area contributed by atoms with E-state index in [0.717, 1.165) is 30.5 Å². The molecule has 0 radical (unpaired) electrons. The van der Waals surface area contributed by atoms with Crippen LogP contribution in [0.1, 0.15) is 63.6 Å². The van der Waals surface area contributed by atoms with E-state index in [1.165, 1.54) is 12.8 Å². The fourth-order valence-corrected chi connectivity index (χ4v) is 4.63. The number of rotatable bonds is 4. The largest absolute Gasteiger partial charge is 0.444 e. The number of fused-ring (bicyclic) bond motifs is 1. The van der Waals surface area contributed by atoms with Crippen molar-refractivity contribution in [3.05, 3.63) is 35.4 Å². The van der Waals surface area contributed by atoms with Crippen molar-refractivity contribution in [1.29, 1.82) is 0 Å². The van der Waals surface area contributed by atoms with Gasteiger partial charge in [-0.3, -0.25) is 14.5 Å². The van der Waals surface area contributed by atoms with Crippen molar-refractivity contribution in [3.63, 3.8) is 0 Å². The zero-order valence-electron chi connectivity index (χ0n) is 19.4. The standard InChI is InChI=1S/C25H35N3O4/c1-25(2,3)32-24(31)28-14-12-18-7-4-5-9-20(18)21(28)23(30)27-13-6-8-19(16-27)22(29)26-15-17-10-11-17/h4-5,7,9,17,19,21H,6,8,10-16H2,1-3H3,(H,26,29)/t19-,21+/m1/s1. The van der Waals surface area contributed by atoms with E-state index in [9.17, 15) is 14.4 Å². The monoisotopic (exact) mass is 441 g/mol. The molecule has 0 unspecified atom stereocenters. The van der Waals surface area contributed by atoms with E-state index in [1.54, 1.807) is 9.80 Å². The summed E-state index contributed by atoms with van der Waals surface area (Å²) in [7, 11) is 0. The van der Waals surface area contributed by atoms with Crippen LogP contribution in [0.2, 0.25) is 0 Å². The van der Waals surface area contributed by atoms with Crippen molar-refractivity contribution in [2.24, 2.45) is 11.8 Å². The average molecular weight is 442 g/mol. The van der Waals surface area contributed by atoms with Crippen molar-refractivity contribution in [1.82, 2.24) is 15.1 Å². The zero-order valence-corrected chi connectivity index (χ0v) is 19.4. The van der Waals surface area contributed by atoms with Crippen LogP contribution >= 0.6 is 0 Å². The Balaban J connectivity index is 1.52. The molecular formula is C25H35N3O4. The Morgan fingerprint density at radius 2 is 1.84 bits per heavy atom. The van der Waals surface area contributed by atoms with Gasteiger partial charge in [0.05, 0.1) is 5.92 Å². The van der Waals surface area contributed by atoms with Gasteiger partial charge in [0.25, 0.3) is 0 Å². The molecule has 174 valence electrons. The van der Waals surface area contributed by atoms with E-state index < -0.39 is 17.7 Å². The molecule has 2 atom stereocenters. The number of benzene rings is 1. The minimum atomic E-state index is -0.719. The highest BCUT2D eigenvalue weighted by atomic mass is 16.6. The van der Waals surface area contributed by atoms with Crippen LogP contribution in [0.4, 0.5) is 4.79 Å². The first-order chi connectivity index (χ1) is 15.2. The Morgan fingerprint density at radius 3 is 2.56 bits per heavy atom. The van der Waals surface area contributed by atoms with Crippen LogP contribution in [0.25, 0.3) is 0 Å². The number of nitrogens with one attached hydrogen (secondary N) is 1. The molecule has 2 aliphatic heterocycles. The number of amides is 3. The highest BCUT2D eigenvalue weighted by Gasteiger charge is 2.41. The average Bonchev–Trinajstić information content (AvgIpc) is 3.59. The van der Waals surface area contributed by atoms with Gasteiger partial charge < -0.3 is 15.0 Å². The second-order valence-corrected chi connectivity index (χ2v) is 10.3. The number of carbonyl (C=O) groups excluding carboxylic acids is 3. The van der Waals surface area contributed by atoms with Gasteiger partial charge in [-0.05, 0) is 69.9 Å². The number of nitrogens with zero attached hydrogens (tertiary/aromatic N) is 2. The number of likely N-dealkylation sites (tertiary alicyclic amines) is 1. The summed E-state index contributed by atoms with van der Waals surface area (Å²) in [5.74, 6) is 0.354. The van der Waals surface area contributed by atoms with Gasteiger partial charge >= 0.3 is 6.09 Å². The van der Waals surface area contributed by atoms with Gasteiger partial charge in [-0.25, -0.2) is 4.79 Å². The Hall–Kier alpha value is -2.57. The topological polar surface area (TPSA) is 79.0 Å². The maximum atomic E-state index is 13.8. The van der Waals surface area contributed by atoms with Crippen LogP contribution in [0.3, 0.4) is 0 Å². The molecule has 32 heavy (non-hydrogen) atoms. The van der Waals surface area contributed by atoms with E-state index in [4.69, 9.17) is 4.74 Å². The van der Waals surface area contributed by atoms with E-state index in [1.807, 2.05) is 45.0 Å². The molecule has 1 aromatic rings. The van der Waals surface area contributed by atoms with Crippen molar-refractivity contribution in [2.75, 3.05) is 26.2 Å². The van der Waals surface area contributed by atoms with Gasteiger partial charge in [0.1, 0.15) is 11.6 Å². The van der Waals surface area contributed by atoms with Gasteiger partial charge in [0.2, 0.25) is 11.8 Å². The maximum absolute atomic E-state index is 13.8. The molecule has 0 bridgehead atoms. The lowest BCUT2D eigenvalue weighted by molar-refractivity contribution is -0.141. The second kappa shape index (κ2) is 9.12. The quantitative estimate of drug-likeness (QED) is 0.778. The Morgan fingerprint density at radius 1 is 1.09 bits per heavy atom. The summed E-state index contributed by atoms with van der Waals surface area (Å²) in [4.78, 5) is 42.8. The summed E-state index contributed by atoms with van der Waals surface area (Å²) >= 11 is 0. The van der Waals surface area contributed by atoms with Gasteiger partial charge in [-0.15, -0.1) is 0 Å². The highest BCUT2D eigenvalue weighted by molar-refractivity contribution is 5.89. The van der Waals surface area contributed by atoms with Crippen molar-refractivity contribution < 1.29 is 19.1 Å². The normalized spacial score (nSPS) is 23.3. The first-order valence-electron chi connectivity index (χ1n) is 11.9. The van der Waals surface area contributed by atoms with E-state index in [0.29, 0.717) is 32.0 Å². The van der Waals surface area contributed by atoms with Crippen LogP contribution in [0.5, 0.6) is 0 Å². The molecule has 7 heteroatoms. The molecule has 4 rings (SSSR count). The lowest BCUT2D eigenvalue weighted by Crippen LogP contribution is -2.53. The third-order valence-electron chi connectivity index (χ3n) is 6.51. The summed E-state index contributed by atoms with van der Waals surface area (Å²) < 4.78 is 5.63. The summed E-state index contributed by atoms with van der Waals surface area (Å²) in [6.45, 7) is 7.66. The molecular weight excluding hydrogens is 406 g/mol. The SMILES string of the molecule is CC(C)(C)OC(=O)N1CCc2ccccc2[C@H]1C(=O)N1CCC[C@@H](C(=O)NCC2CC2)C1. The van der Waals surface area contributed by atoms with Gasteiger partial charge in [-0.1, -0.05) is 24.3 Å². The van der Waals surface area contributed by atoms with Crippen LogP contribution < -0.4 is 5.32 Å². The number of hydrogen-bond donors (Lipinski definition) is 1. The molecule has 3 aliphatic rings. The fourth-order valence-electron chi connectivity index (χ4n) is 4.63. The third-order valence-corrected chi connectivity index (χ3v) is 6.51. The van der Waals surface area contributed by atoms with Crippen LogP contribution in [0.15, 0.2) is 24.3 Å². The Bertz CT molecular complexity index is 874. The second-order valence-electron chi connectivity index (χ2n) is 10.3. The molecule has 0 spiro atoms. The summed E-state index contributed by atoms with van der Waals surface area (Å²) in [6.07, 6.45) is 4.17. The smallest absolute Gasteiger partial charge is 0.411 e. The molecule has 1 aliphatic carbocycles. The summed E-state index contributed by atoms with van der Waals surface area (Å²) in [5, 5.41) is 3.06. The van der Waals surface area contributed by atoms with Crippen molar-refractivity contribution >= 4 is 17.9 Å². The first-order valence-corrected chi connectivity index (χ1v) is 11.9. The lowest BCUT2D eigenvalue weighted by Gasteiger charge is -2.41. The molecule has 1 aromatic carbocycles. The first kappa shape index (κ1) is 22.6. The summed E-state index contributed by atoms with van der Waals surface area (Å²) in [6, 6.07) is 7.10. The molecule has 3 amide bonds. The van der Waals surface area contributed by atoms with Gasteiger partial charge in [-0.2, -0.15) is 0 Å². The number of piperidine rings is 1. The fraction of sp³-hybridized carbons (Fsp3) is 0.640. The Labute approximate surface area is 190 Å². The molecule has 1 saturated heterocycles. The van der Waals surface area contributed by atoms with Crippen molar-refractivity contribution in [2.45, 2.75) is 64.5 Å². The number of carbonyl (C=O) groups is 3. The minimum absolute atomic E-state index is 0.0439. The molecule has 2 fully saturated rings. The van der Waals surface area contributed by atoms with E-state index >= 15 is 0 Å². The highest BCUT2D eigenvalue weighted by Crippen LogP contribution is 2.34. The number of hydrogen-bond acceptors (Lipinski definition) is 4. The third kappa shape index (κ3) is 5.25. The predicted molar refractivity (Wildman–Crippen MR) is 121 cm³/mol. The maximum Gasteiger partial charge on any atom is 0.411 e. The lowest BCUT2D eigenvalue weighted by atomic mass is 9.90. The van der Waals surface area contributed by atoms with Gasteiger partial charge in [0.15, 0.2) is 0 Å². The minimum Gasteiger partial charge on any atom is -0.444 e. The van der Waals surface area contributed by atoms with Crippen LogP contribution in [0, 0.1) is 11.8 Å². The van der Waals surface area contributed by atoms with Gasteiger partial charge in [0, 0.05) is 26.2 Å². The number of ether oxygens (including phenoxy) is 1. The Kier molecular flexibility index (Phi) is 6.45. The molecule has 1 N–H and O–H groups in total. The molecule has 1 saturated carbocycles. The molecule has 2 heterocycles. The van der Waals surface area contributed by atoms with Crippen LogP contribution in [-0.4, -0.2) is 59.5 Å². The predicted octanol–water partition coefficient (Wildman–Crippen LogP) is 3.29. The van der Waals surface area contributed by atoms with Crippen molar-refractivity contribution in [3.8, 4) is 0 Å². The molecule has 7 nitrogen and oxygen atoms in total. The molecule has 0 aromatic heterocycles. The zero-order chi connectivity index (χ0) is 22.9. The van der Waals surface area contributed by atoms with E-state index in [2.05, 4.69) is 5.32 Å². The van der Waals surface area contributed by atoms with Crippen LogP contribution in [-0.2, 0) is 20.7 Å².